The van der Waals surface area contributed by atoms with Crippen molar-refractivity contribution in [2.24, 2.45) is 0 Å². The van der Waals surface area contributed by atoms with E-state index in [0.29, 0.717) is 6.61 Å². The van der Waals surface area contributed by atoms with Gasteiger partial charge in [-0.1, -0.05) is 42.0 Å². The van der Waals surface area contributed by atoms with Gasteiger partial charge >= 0.3 is 5.97 Å². The Balaban J connectivity index is 1.84. The maximum absolute atomic E-state index is 10.3. The fraction of sp³-hybridized carbons (Fsp3) is 0.235. The second-order valence-electron chi connectivity index (χ2n) is 4.69. The van der Waals surface area contributed by atoms with Crippen molar-refractivity contribution in [3.05, 3.63) is 54.1 Å². The number of aryl methyl sites for hydroxylation is 1. The lowest BCUT2D eigenvalue weighted by Crippen LogP contribution is -2.12. The fourth-order valence-corrected chi connectivity index (χ4v) is 1.87. The summed E-state index contributed by atoms with van der Waals surface area (Å²) >= 11 is 0. The molecular formula is C17H18O4. The summed E-state index contributed by atoms with van der Waals surface area (Å²) in [6.45, 7) is 2.35. The predicted octanol–water partition coefficient (Wildman–Crippen LogP) is 3.14. The van der Waals surface area contributed by atoms with E-state index in [4.69, 9.17) is 14.6 Å². The number of aliphatic carboxylic acids is 1. The molecule has 0 amide bonds. The molecule has 2 rings (SSSR count). The van der Waals surface area contributed by atoms with Crippen LogP contribution < -0.4 is 4.74 Å². The third-order valence-corrected chi connectivity index (χ3v) is 2.96. The van der Waals surface area contributed by atoms with Crippen molar-refractivity contribution < 1.29 is 19.4 Å². The topological polar surface area (TPSA) is 55.8 Å². The average molecular weight is 286 g/mol. The molecule has 2 aromatic rings. The van der Waals surface area contributed by atoms with Crippen LogP contribution in [0.15, 0.2) is 48.5 Å². The lowest BCUT2D eigenvalue weighted by Gasteiger charge is -2.07. The molecule has 0 saturated carbocycles. The van der Waals surface area contributed by atoms with Crippen molar-refractivity contribution in [1.82, 2.24) is 0 Å². The highest BCUT2D eigenvalue weighted by atomic mass is 16.5. The summed E-state index contributed by atoms with van der Waals surface area (Å²) in [5.41, 5.74) is 3.53. The summed E-state index contributed by atoms with van der Waals surface area (Å²) in [4.78, 5) is 10.3. The molecule has 0 aromatic heterocycles. The zero-order valence-corrected chi connectivity index (χ0v) is 11.9. The minimum absolute atomic E-state index is 0.256. The molecule has 0 atom stereocenters. The first-order valence-electron chi connectivity index (χ1n) is 6.74. The molecule has 1 N–H and O–H groups in total. The van der Waals surface area contributed by atoms with Gasteiger partial charge in [-0.2, -0.15) is 0 Å². The van der Waals surface area contributed by atoms with Gasteiger partial charge in [0.1, 0.15) is 19.0 Å². The molecule has 0 saturated heterocycles. The second kappa shape index (κ2) is 7.45. The number of rotatable bonds is 7. The summed E-state index contributed by atoms with van der Waals surface area (Å²) in [5, 5.41) is 8.42. The van der Waals surface area contributed by atoms with Gasteiger partial charge in [0, 0.05) is 0 Å². The summed E-state index contributed by atoms with van der Waals surface area (Å²) in [7, 11) is 0. The van der Waals surface area contributed by atoms with Gasteiger partial charge in [-0.15, -0.1) is 0 Å². The first-order chi connectivity index (χ1) is 10.1. The molecule has 0 aliphatic carbocycles. The third kappa shape index (κ3) is 4.93. The number of hydrogen-bond donors (Lipinski definition) is 1. The smallest absolute Gasteiger partial charge is 0.329 e. The Kier molecular flexibility index (Phi) is 5.35. The molecule has 21 heavy (non-hydrogen) atoms. The van der Waals surface area contributed by atoms with E-state index in [-0.39, 0.29) is 13.2 Å². The van der Waals surface area contributed by atoms with E-state index < -0.39 is 5.97 Å². The standard InChI is InChI=1S/C17H18O4/c1-13-2-4-14(5-3-13)15-6-8-16(9-7-15)21-11-10-20-12-17(18)19/h2-9H,10-12H2,1H3,(H,18,19). The first-order valence-corrected chi connectivity index (χ1v) is 6.74. The van der Waals surface area contributed by atoms with Gasteiger partial charge in [-0.25, -0.2) is 4.79 Å². The van der Waals surface area contributed by atoms with Gasteiger partial charge in [0.05, 0.1) is 6.61 Å². The van der Waals surface area contributed by atoms with Crippen molar-refractivity contribution in [3.8, 4) is 16.9 Å². The Morgan fingerprint density at radius 2 is 1.52 bits per heavy atom. The van der Waals surface area contributed by atoms with E-state index in [0.717, 1.165) is 16.9 Å². The minimum Gasteiger partial charge on any atom is -0.491 e. The van der Waals surface area contributed by atoms with Crippen LogP contribution in [0, 0.1) is 6.92 Å². The van der Waals surface area contributed by atoms with Crippen molar-refractivity contribution in [2.75, 3.05) is 19.8 Å². The summed E-state index contributed by atoms with van der Waals surface area (Å²) in [6, 6.07) is 16.1. The van der Waals surface area contributed by atoms with Gasteiger partial charge in [0.25, 0.3) is 0 Å². The molecule has 4 nitrogen and oxygen atoms in total. The normalized spacial score (nSPS) is 10.3. The van der Waals surface area contributed by atoms with Crippen molar-refractivity contribution in [2.45, 2.75) is 6.92 Å². The second-order valence-corrected chi connectivity index (χ2v) is 4.69. The molecule has 0 aliphatic heterocycles. The summed E-state index contributed by atoms with van der Waals surface area (Å²) in [5.74, 6) is -0.234. The van der Waals surface area contributed by atoms with Crippen molar-refractivity contribution >= 4 is 5.97 Å². The van der Waals surface area contributed by atoms with Gasteiger partial charge in [0.2, 0.25) is 0 Å². The quantitative estimate of drug-likeness (QED) is 0.794. The number of hydrogen-bond acceptors (Lipinski definition) is 3. The van der Waals surface area contributed by atoms with E-state index in [2.05, 4.69) is 31.2 Å². The molecule has 0 fully saturated rings. The number of carboxylic acid groups (broad SMARTS) is 1. The van der Waals surface area contributed by atoms with Crippen LogP contribution in [-0.2, 0) is 9.53 Å². The van der Waals surface area contributed by atoms with Crippen LogP contribution >= 0.6 is 0 Å². The third-order valence-electron chi connectivity index (χ3n) is 2.96. The van der Waals surface area contributed by atoms with Crippen LogP contribution in [0.25, 0.3) is 11.1 Å². The van der Waals surface area contributed by atoms with E-state index >= 15 is 0 Å². The molecule has 0 spiro atoms. The van der Waals surface area contributed by atoms with Gasteiger partial charge in [0.15, 0.2) is 0 Å². The monoisotopic (exact) mass is 286 g/mol. The highest BCUT2D eigenvalue weighted by Crippen LogP contribution is 2.22. The maximum Gasteiger partial charge on any atom is 0.329 e. The number of benzene rings is 2. The lowest BCUT2D eigenvalue weighted by molar-refractivity contribution is -0.142. The Hall–Kier alpha value is -2.33. The molecule has 0 heterocycles. The number of ether oxygens (including phenoxy) is 2. The highest BCUT2D eigenvalue weighted by molar-refractivity contribution is 5.68. The molecule has 0 radical (unpaired) electrons. The summed E-state index contributed by atoms with van der Waals surface area (Å²) in [6.07, 6.45) is 0. The Morgan fingerprint density at radius 1 is 0.952 bits per heavy atom. The van der Waals surface area contributed by atoms with E-state index in [1.54, 1.807) is 0 Å². The first kappa shape index (κ1) is 15.1. The van der Waals surface area contributed by atoms with Crippen LogP contribution in [0.3, 0.4) is 0 Å². The van der Waals surface area contributed by atoms with Gasteiger partial charge < -0.3 is 14.6 Å². The molecule has 0 aliphatic rings. The van der Waals surface area contributed by atoms with E-state index in [1.807, 2.05) is 24.3 Å². The van der Waals surface area contributed by atoms with Crippen LogP contribution in [0.5, 0.6) is 5.75 Å². The average Bonchev–Trinajstić information content (AvgIpc) is 2.48. The lowest BCUT2D eigenvalue weighted by atomic mass is 10.0. The number of carbonyl (C=O) groups is 1. The molecular weight excluding hydrogens is 268 g/mol. The molecule has 0 unspecified atom stereocenters. The van der Waals surface area contributed by atoms with Crippen molar-refractivity contribution in [3.63, 3.8) is 0 Å². The van der Waals surface area contributed by atoms with Crippen molar-refractivity contribution in [1.29, 1.82) is 0 Å². The highest BCUT2D eigenvalue weighted by Gasteiger charge is 2.00. The van der Waals surface area contributed by atoms with E-state index in [1.165, 1.54) is 5.56 Å². The zero-order valence-electron chi connectivity index (χ0n) is 11.9. The maximum atomic E-state index is 10.3. The molecule has 110 valence electrons. The predicted molar refractivity (Wildman–Crippen MR) is 80.6 cm³/mol. The SMILES string of the molecule is Cc1ccc(-c2ccc(OCCOCC(=O)O)cc2)cc1. The van der Waals surface area contributed by atoms with Gasteiger partial charge in [-0.3, -0.25) is 0 Å². The molecule has 2 aromatic carbocycles. The van der Waals surface area contributed by atoms with Crippen LogP contribution in [0.2, 0.25) is 0 Å². The molecule has 4 heteroatoms. The van der Waals surface area contributed by atoms with E-state index in [9.17, 15) is 4.79 Å². The Labute approximate surface area is 123 Å². The van der Waals surface area contributed by atoms with Gasteiger partial charge in [-0.05, 0) is 30.2 Å². The summed E-state index contributed by atoms with van der Waals surface area (Å²) < 4.78 is 10.4. The Bertz CT molecular complexity index is 573. The minimum atomic E-state index is -0.975. The number of carboxylic acids is 1. The molecule has 0 bridgehead atoms. The van der Waals surface area contributed by atoms with Crippen LogP contribution in [-0.4, -0.2) is 30.9 Å². The Morgan fingerprint density at radius 3 is 2.10 bits per heavy atom. The van der Waals surface area contributed by atoms with Crippen LogP contribution in [0.1, 0.15) is 5.56 Å². The fourth-order valence-electron chi connectivity index (χ4n) is 1.87. The zero-order chi connectivity index (χ0) is 15.1. The largest absolute Gasteiger partial charge is 0.491 e. The van der Waals surface area contributed by atoms with Crippen LogP contribution in [0.4, 0.5) is 0 Å².